The van der Waals surface area contributed by atoms with Crippen LogP contribution in [0.4, 0.5) is 16.2 Å². The van der Waals surface area contributed by atoms with E-state index in [1.54, 1.807) is 53.4 Å². The molecule has 0 saturated carbocycles. The molecule has 3 amide bonds. The van der Waals surface area contributed by atoms with E-state index in [1.165, 1.54) is 33.1 Å². The van der Waals surface area contributed by atoms with E-state index in [4.69, 9.17) is 4.74 Å². The zero-order valence-corrected chi connectivity index (χ0v) is 19.3. The first-order chi connectivity index (χ1) is 17.4. The summed E-state index contributed by atoms with van der Waals surface area (Å²) in [6, 6.07) is 13.1. The third kappa shape index (κ3) is 4.47. The molecule has 2 unspecified atom stereocenters. The van der Waals surface area contributed by atoms with Gasteiger partial charge in [-0.25, -0.2) is 9.78 Å². The van der Waals surface area contributed by atoms with Crippen LogP contribution in [-0.4, -0.2) is 81.5 Å². The number of nitrogens with zero attached hydrogens (tertiary/aromatic N) is 5. The van der Waals surface area contributed by atoms with Gasteiger partial charge in [-0.15, -0.1) is 0 Å². The zero-order valence-electron chi connectivity index (χ0n) is 19.3. The smallest absolute Gasteiger partial charge is 0.333 e. The van der Waals surface area contributed by atoms with Crippen LogP contribution in [0, 0.1) is 0 Å². The van der Waals surface area contributed by atoms with Gasteiger partial charge < -0.3 is 24.7 Å². The van der Waals surface area contributed by atoms with Crippen molar-refractivity contribution in [2.24, 2.45) is 0 Å². The molecule has 2 N–H and O–H groups in total. The van der Waals surface area contributed by atoms with Gasteiger partial charge in [0, 0.05) is 41.4 Å². The lowest BCUT2D eigenvalue weighted by molar-refractivity contribution is -0.125. The lowest BCUT2D eigenvalue weighted by Crippen LogP contribution is -2.45. The first-order valence-electron chi connectivity index (χ1n) is 11.5. The maximum absolute atomic E-state index is 13.3. The summed E-state index contributed by atoms with van der Waals surface area (Å²) in [5.74, 6) is -0.533. The van der Waals surface area contributed by atoms with Crippen LogP contribution in [0.25, 0.3) is 0 Å². The highest BCUT2D eigenvalue weighted by molar-refractivity contribution is 5.99. The molecule has 2 aliphatic heterocycles. The van der Waals surface area contributed by atoms with E-state index in [9.17, 15) is 24.6 Å². The van der Waals surface area contributed by atoms with Crippen LogP contribution in [0.3, 0.4) is 0 Å². The summed E-state index contributed by atoms with van der Waals surface area (Å²) in [7, 11) is 0. The van der Waals surface area contributed by atoms with Gasteiger partial charge in [0.15, 0.2) is 6.23 Å². The fourth-order valence-electron chi connectivity index (χ4n) is 4.44. The van der Waals surface area contributed by atoms with Gasteiger partial charge in [0.25, 0.3) is 11.8 Å². The SMILES string of the molecule is O=C1COCCN1c1ccc(N(CC(O)CN2C(=O)c3ccccc3C2O)C(=O)n2ccnc2)cc1. The molecule has 0 aliphatic carbocycles. The highest BCUT2D eigenvalue weighted by Gasteiger charge is 2.36. The van der Waals surface area contributed by atoms with Crippen LogP contribution in [0.15, 0.2) is 67.3 Å². The number of hydrogen-bond donors (Lipinski definition) is 2. The average molecular weight is 492 g/mol. The largest absolute Gasteiger partial charge is 0.389 e. The van der Waals surface area contributed by atoms with Crippen molar-refractivity contribution in [1.29, 1.82) is 0 Å². The third-order valence-corrected chi connectivity index (χ3v) is 6.24. The van der Waals surface area contributed by atoms with E-state index in [-0.39, 0.29) is 31.5 Å². The molecule has 186 valence electrons. The van der Waals surface area contributed by atoms with E-state index in [0.717, 1.165) is 0 Å². The molecular weight excluding hydrogens is 466 g/mol. The lowest BCUT2D eigenvalue weighted by Gasteiger charge is -2.30. The summed E-state index contributed by atoms with van der Waals surface area (Å²) < 4.78 is 6.45. The third-order valence-electron chi connectivity index (χ3n) is 6.24. The van der Waals surface area contributed by atoms with E-state index in [0.29, 0.717) is 35.7 Å². The summed E-state index contributed by atoms with van der Waals surface area (Å²) in [5.41, 5.74) is 2.02. The Kier molecular flexibility index (Phi) is 6.51. The molecule has 3 heterocycles. The Morgan fingerprint density at radius 3 is 2.64 bits per heavy atom. The summed E-state index contributed by atoms with van der Waals surface area (Å²) in [4.78, 5) is 46.2. The predicted octanol–water partition coefficient (Wildman–Crippen LogP) is 1.23. The molecule has 5 rings (SSSR count). The van der Waals surface area contributed by atoms with E-state index >= 15 is 0 Å². The van der Waals surface area contributed by atoms with Crippen molar-refractivity contribution in [3.8, 4) is 0 Å². The maximum atomic E-state index is 13.3. The molecule has 2 atom stereocenters. The van der Waals surface area contributed by atoms with Crippen molar-refractivity contribution in [3.63, 3.8) is 0 Å². The average Bonchev–Trinajstić information content (AvgIpc) is 3.52. The Morgan fingerprint density at radius 2 is 1.94 bits per heavy atom. The van der Waals surface area contributed by atoms with Crippen molar-refractivity contribution in [2.45, 2.75) is 12.3 Å². The zero-order chi connectivity index (χ0) is 25.2. The standard InChI is InChI=1S/C25H25N5O6/c31-19(14-30-23(33)20-3-1-2-4-21(20)24(30)34)13-29(25(35)27-10-9-26-16-27)18-7-5-17(6-8-18)28-11-12-36-15-22(28)32/h1-10,16,19,23,31,33H,11-15H2. The summed E-state index contributed by atoms with van der Waals surface area (Å²) in [5, 5.41) is 21.5. The van der Waals surface area contributed by atoms with Gasteiger partial charge in [-0.05, 0) is 30.3 Å². The van der Waals surface area contributed by atoms with Crippen LogP contribution < -0.4 is 9.80 Å². The minimum Gasteiger partial charge on any atom is -0.389 e. The number of β-amino-alcohol motifs (C(OH)–C–C–N with tert-alkyl or cyclic N) is 1. The molecule has 0 spiro atoms. The van der Waals surface area contributed by atoms with Crippen molar-refractivity contribution < 1.29 is 29.3 Å². The number of aromatic nitrogens is 2. The van der Waals surface area contributed by atoms with Crippen LogP contribution in [0.5, 0.6) is 0 Å². The molecule has 1 fully saturated rings. The van der Waals surface area contributed by atoms with Crippen LogP contribution in [0.2, 0.25) is 0 Å². The van der Waals surface area contributed by atoms with Gasteiger partial charge in [-0.1, -0.05) is 18.2 Å². The molecule has 3 aromatic rings. The van der Waals surface area contributed by atoms with E-state index in [2.05, 4.69) is 4.98 Å². The van der Waals surface area contributed by atoms with Gasteiger partial charge in [-0.2, -0.15) is 0 Å². The number of morpholine rings is 1. The summed E-state index contributed by atoms with van der Waals surface area (Å²) in [6.07, 6.45) is 1.98. The Hall–Kier alpha value is -4.06. The molecule has 11 nitrogen and oxygen atoms in total. The number of amides is 3. The van der Waals surface area contributed by atoms with Crippen LogP contribution >= 0.6 is 0 Å². The first kappa shape index (κ1) is 23.7. The normalized spacial score (nSPS) is 18.3. The van der Waals surface area contributed by atoms with Crippen molar-refractivity contribution in [2.75, 3.05) is 42.6 Å². The van der Waals surface area contributed by atoms with Gasteiger partial charge in [-0.3, -0.25) is 19.1 Å². The van der Waals surface area contributed by atoms with Crippen molar-refractivity contribution in [3.05, 3.63) is 78.4 Å². The Labute approximate surface area is 206 Å². The van der Waals surface area contributed by atoms with Crippen molar-refractivity contribution in [1.82, 2.24) is 14.5 Å². The number of fused-ring (bicyclic) bond motifs is 1. The highest BCUT2D eigenvalue weighted by atomic mass is 16.5. The van der Waals surface area contributed by atoms with Gasteiger partial charge in [0.1, 0.15) is 12.9 Å². The second-order valence-electron chi connectivity index (χ2n) is 8.55. The molecule has 0 bridgehead atoms. The molecule has 1 saturated heterocycles. The fraction of sp³-hybridized carbons (Fsp3) is 0.280. The number of rotatable bonds is 6. The van der Waals surface area contributed by atoms with E-state index in [1.807, 2.05) is 0 Å². The Bertz CT molecular complexity index is 1260. The number of ether oxygens (including phenoxy) is 1. The number of anilines is 2. The van der Waals surface area contributed by atoms with Crippen LogP contribution in [-0.2, 0) is 9.53 Å². The second-order valence-corrected chi connectivity index (χ2v) is 8.55. The molecular formula is C25H25N5O6. The van der Waals surface area contributed by atoms with Gasteiger partial charge >= 0.3 is 6.03 Å². The lowest BCUT2D eigenvalue weighted by atomic mass is 10.1. The topological polar surface area (TPSA) is 128 Å². The number of aliphatic hydroxyl groups is 2. The molecule has 11 heteroatoms. The number of benzene rings is 2. The molecule has 1 aromatic heterocycles. The second kappa shape index (κ2) is 9.90. The number of hydrogen-bond acceptors (Lipinski definition) is 7. The van der Waals surface area contributed by atoms with Crippen molar-refractivity contribution >= 4 is 29.2 Å². The minimum atomic E-state index is -1.17. The number of carbonyl (C=O) groups is 3. The quantitative estimate of drug-likeness (QED) is 0.531. The summed E-state index contributed by atoms with van der Waals surface area (Å²) in [6.45, 7) is 0.561. The van der Waals surface area contributed by atoms with Gasteiger partial charge in [0.2, 0.25) is 0 Å². The number of carbonyl (C=O) groups excluding carboxylic acids is 3. The first-order valence-corrected chi connectivity index (χ1v) is 11.5. The molecule has 36 heavy (non-hydrogen) atoms. The number of imidazole rings is 1. The minimum absolute atomic E-state index is 0.0180. The fourth-order valence-corrected chi connectivity index (χ4v) is 4.44. The summed E-state index contributed by atoms with van der Waals surface area (Å²) >= 11 is 0. The molecule has 0 radical (unpaired) electrons. The molecule has 2 aromatic carbocycles. The maximum Gasteiger partial charge on any atom is 0.333 e. The van der Waals surface area contributed by atoms with Gasteiger partial charge in [0.05, 0.1) is 25.8 Å². The monoisotopic (exact) mass is 491 g/mol. The van der Waals surface area contributed by atoms with Crippen LogP contribution in [0.1, 0.15) is 22.1 Å². The highest BCUT2D eigenvalue weighted by Crippen LogP contribution is 2.31. The predicted molar refractivity (Wildman–Crippen MR) is 128 cm³/mol. The Morgan fingerprint density at radius 1 is 1.17 bits per heavy atom. The van der Waals surface area contributed by atoms with E-state index < -0.39 is 18.4 Å². The Balaban J connectivity index is 1.35. The number of aliphatic hydroxyl groups excluding tert-OH is 2. The molecule has 2 aliphatic rings.